The fourth-order valence-electron chi connectivity index (χ4n) is 11.4. The number of rotatable bonds is 4. The van der Waals surface area contributed by atoms with Gasteiger partial charge in [0.2, 0.25) is 5.91 Å². The summed E-state index contributed by atoms with van der Waals surface area (Å²) in [5.74, 6) is 4.13. The van der Waals surface area contributed by atoms with Crippen molar-refractivity contribution in [1.82, 2.24) is 10.2 Å². The van der Waals surface area contributed by atoms with Crippen molar-refractivity contribution in [1.29, 1.82) is 0 Å². The van der Waals surface area contributed by atoms with Crippen LogP contribution >= 0.6 is 0 Å². The maximum absolute atomic E-state index is 14.6. The smallest absolute Gasteiger partial charge is 0.251 e. The number of hydrogen-bond donors (Lipinski definition) is 1. The number of β-lactam (4-membered cyclic amide) rings is 1. The number of nitrogens with one attached hydrogen (secondary N) is 1. The van der Waals surface area contributed by atoms with E-state index >= 15 is 0 Å². The highest BCUT2D eigenvalue weighted by Gasteiger charge is 2.68. The molecule has 2 amide bonds. The number of carbonyl (C=O) groups excluding carboxylic acids is 2. The third-order valence-electron chi connectivity index (χ3n) is 11.6. The summed E-state index contributed by atoms with van der Waals surface area (Å²) < 4.78 is 14.0. The van der Waals surface area contributed by atoms with Gasteiger partial charge in [0.1, 0.15) is 5.82 Å². The first-order valence-electron chi connectivity index (χ1n) is 14.3. The average molecular weight is 477 g/mol. The van der Waals surface area contributed by atoms with E-state index in [-0.39, 0.29) is 35.1 Å². The Balaban J connectivity index is 1.19. The summed E-state index contributed by atoms with van der Waals surface area (Å²) in [7, 11) is 0. The lowest BCUT2D eigenvalue weighted by molar-refractivity contribution is -0.201. The largest absolute Gasteiger partial charge is 0.348 e. The Hall–Kier alpha value is -1.91. The zero-order valence-electron chi connectivity index (χ0n) is 20.6. The number of amides is 2. The van der Waals surface area contributed by atoms with Crippen molar-refractivity contribution in [3.05, 3.63) is 35.6 Å². The van der Waals surface area contributed by atoms with Gasteiger partial charge in [-0.3, -0.25) is 9.59 Å². The monoisotopic (exact) mass is 476 g/mol. The molecule has 35 heavy (non-hydrogen) atoms. The number of likely N-dealkylation sites (tertiary alicyclic amines) is 1. The lowest BCUT2D eigenvalue weighted by Crippen LogP contribution is -2.78. The van der Waals surface area contributed by atoms with Gasteiger partial charge in [0.25, 0.3) is 5.91 Å². The molecule has 0 radical (unpaired) electrons. The first-order valence-corrected chi connectivity index (χ1v) is 14.3. The predicted octanol–water partition coefficient (Wildman–Crippen LogP) is 5.31. The number of hydrogen-bond acceptors (Lipinski definition) is 2. The quantitative estimate of drug-likeness (QED) is 0.599. The molecule has 8 aliphatic carbocycles. The highest BCUT2D eigenvalue weighted by atomic mass is 19.1. The highest BCUT2D eigenvalue weighted by molar-refractivity contribution is 6.03. The Bertz CT molecular complexity index is 1030. The van der Waals surface area contributed by atoms with Gasteiger partial charge >= 0.3 is 0 Å². The first-order chi connectivity index (χ1) is 16.8. The molecule has 9 fully saturated rings. The summed E-state index contributed by atoms with van der Waals surface area (Å²) in [6.45, 7) is 0. The van der Waals surface area contributed by atoms with E-state index in [1.807, 2.05) is 0 Å². The minimum atomic E-state index is -0.986. The van der Waals surface area contributed by atoms with Crippen molar-refractivity contribution in [3.8, 4) is 0 Å². The summed E-state index contributed by atoms with van der Waals surface area (Å²) in [6, 6.07) is 6.48. The third-order valence-corrected chi connectivity index (χ3v) is 11.6. The van der Waals surface area contributed by atoms with Gasteiger partial charge in [-0.25, -0.2) is 4.39 Å². The number of halogens is 1. The minimum Gasteiger partial charge on any atom is -0.348 e. The third kappa shape index (κ3) is 2.90. The molecule has 186 valence electrons. The number of nitrogens with zero attached hydrogens (tertiary/aromatic N) is 1. The van der Waals surface area contributed by atoms with Crippen molar-refractivity contribution >= 4 is 11.8 Å². The Morgan fingerprint density at radius 3 is 1.69 bits per heavy atom. The topological polar surface area (TPSA) is 49.4 Å². The predicted molar refractivity (Wildman–Crippen MR) is 129 cm³/mol. The standard InChI is InChI=1S/C30H37FN2O2/c31-25-3-1-24(2-4-25)30(27(35)32-28-11-18-5-19(12-28)7-20(6-18)13-28)17-26(34)33(30)29-14-21-8-22(15-29)10-23(9-21)16-29/h1-4,18-23H,5-17H2,(H,32,35). The van der Waals surface area contributed by atoms with Crippen molar-refractivity contribution in [2.45, 2.75) is 100 Å². The molecule has 8 saturated carbocycles. The second-order valence-corrected chi connectivity index (χ2v) is 14.1. The van der Waals surface area contributed by atoms with E-state index in [9.17, 15) is 14.0 Å². The lowest BCUT2D eigenvalue weighted by Gasteiger charge is -2.67. The normalized spacial score (nSPS) is 48.8. The van der Waals surface area contributed by atoms with Gasteiger partial charge in [-0.1, -0.05) is 12.1 Å². The van der Waals surface area contributed by atoms with Gasteiger partial charge < -0.3 is 10.2 Å². The van der Waals surface area contributed by atoms with Crippen LogP contribution in [0.4, 0.5) is 4.39 Å². The van der Waals surface area contributed by atoms with Crippen LogP contribution in [0.5, 0.6) is 0 Å². The molecule has 1 heterocycles. The van der Waals surface area contributed by atoms with Crippen LogP contribution in [0, 0.1) is 41.3 Å². The Morgan fingerprint density at radius 2 is 1.23 bits per heavy atom. The molecule has 1 atom stereocenters. The summed E-state index contributed by atoms with van der Waals surface area (Å²) >= 11 is 0. The second-order valence-electron chi connectivity index (χ2n) is 14.1. The van der Waals surface area contributed by atoms with Crippen molar-refractivity contribution in [3.63, 3.8) is 0 Å². The van der Waals surface area contributed by atoms with E-state index in [1.165, 1.54) is 50.7 Å². The molecule has 1 unspecified atom stereocenters. The van der Waals surface area contributed by atoms with Crippen LogP contribution in [0.15, 0.2) is 24.3 Å². The summed E-state index contributed by atoms with van der Waals surface area (Å²) in [5, 5.41) is 3.64. The van der Waals surface area contributed by atoms with Crippen LogP contribution < -0.4 is 5.32 Å². The van der Waals surface area contributed by atoms with Gasteiger partial charge in [0, 0.05) is 11.1 Å². The van der Waals surface area contributed by atoms with Gasteiger partial charge in [-0.05, 0) is 130 Å². The van der Waals surface area contributed by atoms with Crippen LogP contribution in [0.2, 0.25) is 0 Å². The Morgan fingerprint density at radius 1 is 0.771 bits per heavy atom. The molecule has 8 bridgehead atoms. The zero-order chi connectivity index (χ0) is 23.6. The van der Waals surface area contributed by atoms with E-state index < -0.39 is 5.54 Å². The van der Waals surface area contributed by atoms with Crippen LogP contribution in [0.25, 0.3) is 0 Å². The molecule has 4 nitrogen and oxygen atoms in total. The molecule has 1 aromatic carbocycles. The summed E-state index contributed by atoms with van der Waals surface area (Å²) in [5.41, 5.74) is -0.488. The van der Waals surface area contributed by atoms with Crippen LogP contribution in [0.3, 0.4) is 0 Å². The molecule has 1 N–H and O–H groups in total. The van der Waals surface area contributed by atoms with Gasteiger partial charge in [0.15, 0.2) is 5.54 Å². The Kier molecular flexibility index (Phi) is 4.17. The highest BCUT2D eigenvalue weighted by Crippen LogP contribution is 2.63. The second kappa shape index (κ2) is 6.89. The minimum absolute atomic E-state index is 0.0152. The zero-order valence-corrected chi connectivity index (χ0v) is 20.6. The van der Waals surface area contributed by atoms with E-state index in [0.717, 1.165) is 61.8 Å². The van der Waals surface area contributed by atoms with Crippen molar-refractivity contribution < 1.29 is 14.0 Å². The van der Waals surface area contributed by atoms with Gasteiger partial charge in [-0.15, -0.1) is 0 Å². The fraction of sp³-hybridized carbons (Fsp3) is 0.733. The SMILES string of the molecule is O=C1CC(C(=O)NC23CC4CC(CC(C4)C2)C3)(c2ccc(F)cc2)N1C12CC3CC(CC(C3)C1)C2. The van der Waals surface area contributed by atoms with Crippen molar-refractivity contribution in [2.75, 3.05) is 0 Å². The maximum atomic E-state index is 14.6. The molecule has 1 aromatic rings. The van der Waals surface area contributed by atoms with Gasteiger partial charge in [0.05, 0.1) is 6.42 Å². The van der Waals surface area contributed by atoms with E-state index in [4.69, 9.17) is 0 Å². The van der Waals surface area contributed by atoms with Crippen LogP contribution in [-0.4, -0.2) is 27.8 Å². The summed E-state index contributed by atoms with van der Waals surface area (Å²) in [6.07, 6.45) is 14.5. The van der Waals surface area contributed by atoms with E-state index in [2.05, 4.69) is 10.2 Å². The van der Waals surface area contributed by atoms with Gasteiger partial charge in [-0.2, -0.15) is 0 Å². The molecular formula is C30H37FN2O2. The lowest BCUT2D eigenvalue weighted by atomic mass is 9.50. The maximum Gasteiger partial charge on any atom is 0.251 e. The first kappa shape index (κ1) is 21.2. The summed E-state index contributed by atoms with van der Waals surface area (Å²) in [4.78, 5) is 30.2. The molecule has 1 saturated heterocycles. The van der Waals surface area contributed by atoms with Crippen LogP contribution in [-0.2, 0) is 15.1 Å². The number of benzene rings is 1. The van der Waals surface area contributed by atoms with E-state index in [0.29, 0.717) is 17.8 Å². The molecular weight excluding hydrogens is 439 g/mol. The molecule has 9 aliphatic rings. The molecule has 10 rings (SSSR count). The Labute approximate surface area is 207 Å². The fourth-order valence-corrected chi connectivity index (χ4v) is 11.4. The molecule has 5 heteroatoms. The van der Waals surface area contributed by atoms with E-state index in [1.54, 1.807) is 12.1 Å². The van der Waals surface area contributed by atoms with Crippen molar-refractivity contribution in [2.24, 2.45) is 35.5 Å². The van der Waals surface area contributed by atoms with Crippen LogP contribution in [0.1, 0.15) is 89.0 Å². The molecule has 1 aliphatic heterocycles. The number of carbonyl (C=O) groups is 2. The average Bonchev–Trinajstić information content (AvgIpc) is 2.75. The molecule has 0 aromatic heterocycles. The molecule has 0 spiro atoms.